The maximum absolute atomic E-state index is 12.3. The van der Waals surface area contributed by atoms with Crippen molar-refractivity contribution in [2.75, 3.05) is 6.54 Å². The van der Waals surface area contributed by atoms with Crippen LogP contribution in [0.4, 0.5) is 4.79 Å². The van der Waals surface area contributed by atoms with Gasteiger partial charge in [0.1, 0.15) is 0 Å². The van der Waals surface area contributed by atoms with Gasteiger partial charge in [-0.1, -0.05) is 0 Å². The summed E-state index contributed by atoms with van der Waals surface area (Å²) in [5.74, 6) is -0.921. The minimum Gasteiger partial charge on any atom is -0.481 e. The Hall–Kier alpha value is -2.05. The van der Waals surface area contributed by atoms with Crippen LogP contribution in [0, 0.1) is 0 Å². The molecule has 0 spiro atoms. The monoisotopic (exact) mass is 282 g/mol. The van der Waals surface area contributed by atoms with Crippen LogP contribution in [0.3, 0.4) is 0 Å². The van der Waals surface area contributed by atoms with Gasteiger partial charge in [-0.25, -0.2) is 4.79 Å². The van der Waals surface area contributed by atoms with Crippen LogP contribution in [0.15, 0.2) is 12.4 Å². The summed E-state index contributed by atoms with van der Waals surface area (Å²) in [6, 6.07) is -0.483. The van der Waals surface area contributed by atoms with Gasteiger partial charge in [0, 0.05) is 23.8 Å². The fourth-order valence-corrected chi connectivity index (χ4v) is 1.79. The lowest BCUT2D eigenvalue weighted by Gasteiger charge is -2.36. The molecule has 20 heavy (non-hydrogen) atoms. The van der Waals surface area contributed by atoms with E-state index in [1.807, 2.05) is 27.7 Å². The zero-order valence-electron chi connectivity index (χ0n) is 12.3. The van der Waals surface area contributed by atoms with E-state index < -0.39 is 11.5 Å². The Balaban J connectivity index is 2.70. The SMILES string of the molecule is CC(NC(=O)N(CCC(=O)O)C(C)(C)C)c1cn[nH]c1. The predicted octanol–water partition coefficient (Wildman–Crippen LogP) is 1.76. The summed E-state index contributed by atoms with van der Waals surface area (Å²) in [7, 11) is 0. The number of carboxylic acid groups (broad SMARTS) is 1. The molecule has 1 heterocycles. The zero-order chi connectivity index (χ0) is 15.3. The molecule has 0 aromatic carbocycles. The lowest BCUT2D eigenvalue weighted by molar-refractivity contribution is -0.137. The van der Waals surface area contributed by atoms with Gasteiger partial charge in [-0.2, -0.15) is 5.10 Å². The smallest absolute Gasteiger partial charge is 0.318 e. The van der Waals surface area contributed by atoms with Gasteiger partial charge < -0.3 is 15.3 Å². The van der Waals surface area contributed by atoms with E-state index in [1.54, 1.807) is 12.4 Å². The van der Waals surface area contributed by atoms with Crippen molar-refractivity contribution < 1.29 is 14.7 Å². The first-order chi connectivity index (χ1) is 9.21. The number of rotatable bonds is 5. The van der Waals surface area contributed by atoms with E-state index in [9.17, 15) is 9.59 Å². The second kappa shape index (κ2) is 6.40. The number of nitrogens with zero attached hydrogens (tertiary/aromatic N) is 2. The second-order valence-corrected chi connectivity index (χ2v) is 5.67. The molecule has 1 unspecified atom stereocenters. The van der Waals surface area contributed by atoms with Crippen LogP contribution in [0.25, 0.3) is 0 Å². The quantitative estimate of drug-likeness (QED) is 0.766. The minimum absolute atomic E-state index is 0.0786. The summed E-state index contributed by atoms with van der Waals surface area (Å²) in [5.41, 5.74) is 0.417. The number of aromatic nitrogens is 2. The fourth-order valence-electron chi connectivity index (χ4n) is 1.79. The van der Waals surface area contributed by atoms with Crippen molar-refractivity contribution in [3.05, 3.63) is 18.0 Å². The van der Waals surface area contributed by atoms with Gasteiger partial charge in [0.25, 0.3) is 0 Å². The van der Waals surface area contributed by atoms with Crippen LogP contribution in [-0.2, 0) is 4.79 Å². The van der Waals surface area contributed by atoms with Crippen molar-refractivity contribution in [2.24, 2.45) is 0 Å². The highest BCUT2D eigenvalue weighted by atomic mass is 16.4. The summed E-state index contributed by atoms with van der Waals surface area (Å²) in [6.07, 6.45) is 3.28. The van der Waals surface area contributed by atoms with Gasteiger partial charge >= 0.3 is 12.0 Å². The van der Waals surface area contributed by atoms with Crippen LogP contribution in [0.5, 0.6) is 0 Å². The van der Waals surface area contributed by atoms with E-state index >= 15 is 0 Å². The van der Waals surface area contributed by atoms with Gasteiger partial charge in [0.15, 0.2) is 0 Å². The molecule has 1 aromatic heterocycles. The Morgan fingerprint density at radius 2 is 2.15 bits per heavy atom. The Kier molecular flexibility index (Phi) is 5.12. The van der Waals surface area contributed by atoms with Gasteiger partial charge in [-0.15, -0.1) is 0 Å². The average molecular weight is 282 g/mol. The number of amides is 2. The van der Waals surface area contributed by atoms with E-state index in [-0.39, 0.29) is 25.0 Å². The van der Waals surface area contributed by atoms with E-state index in [0.29, 0.717) is 0 Å². The molecule has 7 heteroatoms. The van der Waals surface area contributed by atoms with Gasteiger partial charge in [-0.05, 0) is 27.7 Å². The molecule has 0 bridgehead atoms. The molecule has 7 nitrogen and oxygen atoms in total. The normalized spacial score (nSPS) is 12.8. The van der Waals surface area contributed by atoms with Crippen LogP contribution in [-0.4, -0.2) is 44.3 Å². The highest BCUT2D eigenvalue weighted by molar-refractivity contribution is 5.76. The average Bonchev–Trinajstić information content (AvgIpc) is 2.79. The minimum atomic E-state index is -0.921. The van der Waals surface area contributed by atoms with Crippen molar-refractivity contribution in [2.45, 2.75) is 45.7 Å². The first-order valence-electron chi connectivity index (χ1n) is 6.50. The van der Waals surface area contributed by atoms with Gasteiger partial charge in [0.2, 0.25) is 0 Å². The van der Waals surface area contributed by atoms with E-state index in [0.717, 1.165) is 5.56 Å². The molecular weight excluding hydrogens is 260 g/mol. The topological polar surface area (TPSA) is 98.3 Å². The molecule has 2 amide bonds. The standard InChI is InChI=1S/C13H22N4O3/c1-9(10-7-14-15-8-10)16-12(20)17(13(2,3)4)6-5-11(18)19/h7-9H,5-6H2,1-4H3,(H,14,15)(H,16,20)(H,18,19). The van der Waals surface area contributed by atoms with E-state index in [1.165, 1.54) is 4.90 Å². The summed E-state index contributed by atoms with van der Waals surface area (Å²) in [5, 5.41) is 18.1. The molecule has 1 aromatic rings. The van der Waals surface area contributed by atoms with Crippen molar-refractivity contribution in [1.29, 1.82) is 0 Å². The van der Waals surface area contributed by atoms with Crippen LogP contribution < -0.4 is 5.32 Å². The van der Waals surface area contributed by atoms with Crippen molar-refractivity contribution >= 4 is 12.0 Å². The van der Waals surface area contributed by atoms with Crippen molar-refractivity contribution in [1.82, 2.24) is 20.4 Å². The number of H-pyrrole nitrogens is 1. The molecule has 1 atom stereocenters. The summed E-state index contributed by atoms with van der Waals surface area (Å²) in [6.45, 7) is 7.63. The highest BCUT2D eigenvalue weighted by Crippen LogP contribution is 2.16. The number of carboxylic acids is 1. The summed E-state index contributed by atoms with van der Waals surface area (Å²) >= 11 is 0. The largest absolute Gasteiger partial charge is 0.481 e. The van der Waals surface area contributed by atoms with Crippen molar-refractivity contribution in [3.63, 3.8) is 0 Å². The zero-order valence-corrected chi connectivity index (χ0v) is 12.3. The molecule has 112 valence electrons. The number of nitrogens with one attached hydrogen (secondary N) is 2. The Morgan fingerprint density at radius 3 is 2.60 bits per heavy atom. The highest BCUT2D eigenvalue weighted by Gasteiger charge is 2.27. The van der Waals surface area contributed by atoms with Gasteiger partial charge in [-0.3, -0.25) is 9.89 Å². The third-order valence-electron chi connectivity index (χ3n) is 2.96. The number of carbonyl (C=O) groups excluding carboxylic acids is 1. The first kappa shape index (κ1) is 16.0. The maximum atomic E-state index is 12.3. The van der Waals surface area contributed by atoms with E-state index in [4.69, 9.17) is 5.11 Å². The number of hydrogen-bond acceptors (Lipinski definition) is 3. The number of aliphatic carboxylic acids is 1. The molecule has 0 aliphatic carbocycles. The molecule has 0 aliphatic heterocycles. The molecule has 0 radical (unpaired) electrons. The predicted molar refractivity (Wildman–Crippen MR) is 74.2 cm³/mol. The van der Waals surface area contributed by atoms with Crippen LogP contribution >= 0.6 is 0 Å². The molecule has 3 N–H and O–H groups in total. The number of aromatic amines is 1. The maximum Gasteiger partial charge on any atom is 0.318 e. The third-order valence-corrected chi connectivity index (χ3v) is 2.96. The first-order valence-corrected chi connectivity index (χ1v) is 6.50. The Labute approximate surface area is 118 Å². The summed E-state index contributed by atoms with van der Waals surface area (Å²) < 4.78 is 0. The van der Waals surface area contributed by atoms with E-state index in [2.05, 4.69) is 15.5 Å². The Bertz CT molecular complexity index is 451. The molecule has 0 saturated carbocycles. The number of hydrogen-bond donors (Lipinski definition) is 3. The molecule has 0 fully saturated rings. The molecule has 1 rings (SSSR count). The lowest BCUT2D eigenvalue weighted by Crippen LogP contribution is -2.51. The number of carbonyl (C=O) groups is 2. The summed E-state index contributed by atoms with van der Waals surface area (Å²) in [4.78, 5) is 24.5. The number of urea groups is 1. The van der Waals surface area contributed by atoms with Crippen LogP contribution in [0.1, 0.15) is 45.7 Å². The molecular formula is C13H22N4O3. The second-order valence-electron chi connectivity index (χ2n) is 5.67. The lowest BCUT2D eigenvalue weighted by atomic mass is 10.1. The van der Waals surface area contributed by atoms with Crippen molar-refractivity contribution in [3.8, 4) is 0 Å². The van der Waals surface area contributed by atoms with Crippen LogP contribution in [0.2, 0.25) is 0 Å². The van der Waals surface area contributed by atoms with Gasteiger partial charge in [0.05, 0.1) is 18.7 Å². The fraction of sp³-hybridized carbons (Fsp3) is 0.615. The molecule has 0 saturated heterocycles. The Morgan fingerprint density at radius 1 is 1.50 bits per heavy atom. The third kappa shape index (κ3) is 4.56. The molecule has 0 aliphatic rings.